The Morgan fingerprint density at radius 3 is 2.61 bits per heavy atom. The highest BCUT2D eigenvalue weighted by Gasteiger charge is 2.33. The summed E-state index contributed by atoms with van der Waals surface area (Å²) in [5.74, 6) is 1.08. The molecular formula is C14H23F3N4OS. The van der Waals surface area contributed by atoms with Crippen molar-refractivity contribution in [2.45, 2.75) is 26.4 Å². The van der Waals surface area contributed by atoms with Crippen molar-refractivity contribution in [1.29, 1.82) is 0 Å². The molecule has 2 N–H and O–H groups in total. The predicted molar refractivity (Wildman–Crippen MR) is 85.8 cm³/mol. The number of guanidine groups is 1. The van der Waals surface area contributed by atoms with E-state index in [4.69, 9.17) is 4.74 Å². The number of hydrogen-bond acceptors (Lipinski definition) is 4. The predicted octanol–water partition coefficient (Wildman–Crippen LogP) is 2.54. The van der Waals surface area contributed by atoms with Crippen molar-refractivity contribution in [1.82, 2.24) is 15.6 Å². The van der Waals surface area contributed by atoms with E-state index in [9.17, 15) is 13.2 Å². The fourth-order valence-electron chi connectivity index (χ4n) is 1.62. The molecule has 0 fully saturated rings. The number of thiazole rings is 1. The Morgan fingerprint density at radius 1 is 1.35 bits per heavy atom. The third-order valence-corrected chi connectivity index (χ3v) is 3.60. The molecule has 0 unspecified atom stereocenters. The number of halogens is 3. The van der Waals surface area contributed by atoms with Gasteiger partial charge in [0.2, 0.25) is 0 Å². The maximum atomic E-state index is 12.4. The Bertz CT molecular complexity index is 489. The molecule has 9 heteroatoms. The molecule has 0 spiro atoms. The standard InChI is InChI=1S/C14H23F3N4OS/c1-10(2)8-22-7-6-20-13(18-3)19-5-4-12-21-11(9-23-12)14(15,16)17/h9-10H,4-8H2,1-3H3,(H2,18,19,20). The average molecular weight is 352 g/mol. The number of rotatable bonds is 8. The van der Waals surface area contributed by atoms with Crippen LogP contribution in [0.25, 0.3) is 0 Å². The topological polar surface area (TPSA) is 58.5 Å². The molecule has 5 nitrogen and oxygen atoms in total. The van der Waals surface area contributed by atoms with Gasteiger partial charge in [-0.1, -0.05) is 13.8 Å². The largest absolute Gasteiger partial charge is 0.434 e. The zero-order valence-corrected chi connectivity index (χ0v) is 14.4. The minimum Gasteiger partial charge on any atom is -0.379 e. The first-order chi connectivity index (χ1) is 10.8. The molecule has 0 radical (unpaired) electrons. The molecule has 1 aromatic rings. The number of alkyl halides is 3. The van der Waals surface area contributed by atoms with E-state index in [0.717, 1.165) is 16.7 Å². The van der Waals surface area contributed by atoms with E-state index < -0.39 is 11.9 Å². The van der Waals surface area contributed by atoms with Gasteiger partial charge < -0.3 is 15.4 Å². The number of ether oxygens (including phenoxy) is 1. The Morgan fingerprint density at radius 2 is 2.04 bits per heavy atom. The van der Waals surface area contributed by atoms with E-state index in [1.165, 1.54) is 0 Å². The van der Waals surface area contributed by atoms with Crippen molar-refractivity contribution >= 4 is 17.3 Å². The third-order valence-electron chi connectivity index (χ3n) is 2.69. The summed E-state index contributed by atoms with van der Waals surface area (Å²) in [5.41, 5.74) is -0.831. The second-order valence-electron chi connectivity index (χ2n) is 5.27. The second kappa shape index (κ2) is 9.71. The van der Waals surface area contributed by atoms with E-state index in [0.29, 0.717) is 49.6 Å². The highest BCUT2D eigenvalue weighted by molar-refractivity contribution is 7.09. The summed E-state index contributed by atoms with van der Waals surface area (Å²) in [6.45, 7) is 6.51. The van der Waals surface area contributed by atoms with Crippen LogP contribution in [-0.2, 0) is 17.3 Å². The van der Waals surface area contributed by atoms with Crippen molar-refractivity contribution in [3.63, 3.8) is 0 Å². The van der Waals surface area contributed by atoms with Gasteiger partial charge in [-0.3, -0.25) is 4.99 Å². The summed E-state index contributed by atoms with van der Waals surface area (Å²) in [6, 6.07) is 0. The third kappa shape index (κ3) is 8.17. The molecule has 1 heterocycles. The SMILES string of the molecule is CN=C(NCCOCC(C)C)NCCc1nc(C(F)(F)F)cs1. The van der Waals surface area contributed by atoms with Gasteiger partial charge in [-0.05, 0) is 5.92 Å². The second-order valence-corrected chi connectivity index (χ2v) is 6.21. The zero-order valence-electron chi connectivity index (χ0n) is 13.5. The van der Waals surface area contributed by atoms with Gasteiger partial charge in [0, 0.05) is 38.5 Å². The van der Waals surface area contributed by atoms with Gasteiger partial charge in [0.05, 0.1) is 11.6 Å². The van der Waals surface area contributed by atoms with Crippen LogP contribution in [0, 0.1) is 5.92 Å². The van der Waals surface area contributed by atoms with E-state index in [-0.39, 0.29) is 0 Å². The lowest BCUT2D eigenvalue weighted by molar-refractivity contribution is -0.140. The van der Waals surface area contributed by atoms with Crippen LogP contribution in [0.1, 0.15) is 24.5 Å². The minimum absolute atomic E-state index is 0.408. The zero-order chi connectivity index (χ0) is 17.3. The summed E-state index contributed by atoms with van der Waals surface area (Å²) in [7, 11) is 1.63. The summed E-state index contributed by atoms with van der Waals surface area (Å²) in [6.07, 6.45) is -3.97. The number of nitrogens with zero attached hydrogens (tertiary/aromatic N) is 2. The first-order valence-electron chi connectivity index (χ1n) is 7.36. The van der Waals surface area contributed by atoms with Gasteiger partial charge in [-0.25, -0.2) is 4.98 Å². The van der Waals surface area contributed by atoms with Crippen LogP contribution in [0.5, 0.6) is 0 Å². The van der Waals surface area contributed by atoms with E-state index in [1.807, 2.05) is 0 Å². The van der Waals surface area contributed by atoms with Crippen LogP contribution in [0.15, 0.2) is 10.4 Å². The highest BCUT2D eigenvalue weighted by Crippen LogP contribution is 2.29. The van der Waals surface area contributed by atoms with Crippen molar-refractivity contribution in [2.75, 3.05) is 33.4 Å². The molecule has 1 aromatic heterocycles. The molecule has 0 saturated carbocycles. The van der Waals surface area contributed by atoms with Gasteiger partial charge >= 0.3 is 6.18 Å². The molecule has 0 aliphatic heterocycles. The summed E-state index contributed by atoms with van der Waals surface area (Å²) in [4.78, 5) is 7.62. The quantitative estimate of drug-likeness (QED) is 0.429. The van der Waals surface area contributed by atoms with Crippen LogP contribution < -0.4 is 10.6 Å². The molecule has 1 rings (SSSR count). The monoisotopic (exact) mass is 352 g/mol. The lowest BCUT2D eigenvalue weighted by atomic mass is 10.2. The van der Waals surface area contributed by atoms with Gasteiger partial charge in [-0.15, -0.1) is 11.3 Å². The average Bonchev–Trinajstić information content (AvgIpc) is 2.93. The smallest absolute Gasteiger partial charge is 0.379 e. The Hall–Kier alpha value is -1.35. The Balaban J connectivity index is 2.23. The molecule has 0 amide bonds. The maximum absolute atomic E-state index is 12.4. The summed E-state index contributed by atoms with van der Waals surface area (Å²) < 4.78 is 42.8. The van der Waals surface area contributed by atoms with Crippen molar-refractivity contribution in [2.24, 2.45) is 10.9 Å². The van der Waals surface area contributed by atoms with Gasteiger partial charge in [0.1, 0.15) is 0 Å². The van der Waals surface area contributed by atoms with Crippen LogP contribution in [0.4, 0.5) is 13.2 Å². The molecule has 23 heavy (non-hydrogen) atoms. The minimum atomic E-state index is -4.38. The molecule has 132 valence electrons. The van der Waals surface area contributed by atoms with Crippen molar-refractivity contribution in [3.05, 3.63) is 16.1 Å². The van der Waals surface area contributed by atoms with E-state index in [2.05, 4.69) is 34.5 Å². The first kappa shape index (κ1) is 19.7. The highest BCUT2D eigenvalue weighted by atomic mass is 32.1. The molecule has 0 aliphatic rings. The first-order valence-corrected chi connectivity index (χ1v) is 8.24. The fourth-order valence-corrected chi connectivity index (χ4v) is 2.43. The molecule has 0 bridgehead atoms. The number of hydrogen-bond donors (Lipinski definition) is 2. The van der Waals surface area contributed by atoms with Crippen LogP contribution >= 0.6 is 11.3 Å². The number of aromatic nitrogens is 1. The van der Waals surface area contributed by atoms with Crippen molar-refractivity contribution in [3.8, 4) is 0 Å². The molecule has 0 aromatic carbocycles. The molecule has 0 saturated heterocycles. The summed E-state index contributed by atoms with van der Waals surface area (Å²) in [5, 5.41) is 7.59. The number of nitrogens with one attached hydrogen (secondary N) is 2. The fraction of sp³-hybridized carbons (Fsp3) is 0.714. The Labute approximate surface area is 138 Å². The van der Waals surface area contributed by atoms with Gasteiger partial charge in [0.25, 0.3) is 0 Å². The molecule has 0 aliphatic carbocycles. The normalized spacial score (nSPS) is 12.7. The Kier molecular flexibility index (Phi) is 8.32. The molecular weight excluding hydrogens is 329 g/mol. The molecule has 0 atom stereocenters. The van der Waals surface area contributed by atoms with Gasteiger partial charge in [-0.2, -0.15) is 13.2 Å². The lowest BCUT2D eigenvalue weighted by Crippen LogP contribution is -2.39. The van der Waals surface area contributed by atoms with E-state index >= 15 is 0 Å². The number of aliphatic imine (C=N–C) groups is 1. The van der Waals surface area contributed by atoms with Crippen LogP contribution in [-0.4, -0.2) is 44.3 Å². The summed E-state index contributed by atoms with van der Waals surface area (Å²) >= 11 is 1.01. The van der Waals surface area contributed by atoms with Crippen LogP contribution in [0.2, 0.25) is 0 Å². The van der Waals surface area contributed by atoms with Crippen LogP contribution in [0.3, 0.4) is 0 Å². The van der Waals surface area contributed by atoms with E-state index in [1.54, 1.807) is 7.05 Å². The van der Waals surface area contributed by atoms with Gasteiger partial charge in [0.15, 0.2) is 11.7 Å². The lowest BCUT2D eigenvalue weighted by Gasteiger charge is -2.12. The van der Waals surface area contributed by atoms with Crippen molar-refractivity contribution < 1.29 is 17.9 Å². The maximum Gasteiger partial charge on any atom is 0.434 e.